The first-order chi connectivity index (χ1) is 14.7. The van der Waals surface area contributed by atoms with E-state index in [1.807, 2.05) is 35.4 Å². The highest BCUT2D eigenvalue weighted by Crippen LogP contribution is 2.30. The number of aromatic nitrogens is 3. The number of carbonyl (C=O) groups excluding carboxylic acids is 1. The average molecular weight is 400 g/mol. The first-order valence-electron chi connectivity index (χ1n) is 10.1. The van der Waals surface area contributed by atoms with Crippen LogP contribution in [0.3, 0.4) is 0 Å². The highest BCUT2D eigenvalue weighted by molar-refractivity contribution is 5.96. The van der Waals surface area contributed by atoms with Crippen LogP contribution in [0.1, 0.15) is 12.8 Å². The van der Waals surface area contributed by atoms with Crippen LogP contribution in [0.5, 0.6) is 0 Å². The quantitative estimate of drug-likeness (QED) is 0.506. The van der Waals surface area contributed by atoms with Gasteiger partial charge in [-0.05, 0) is 41.5 Å². The second kappa shape index (κ2) is 7.71. The third-order valence-corrected chi connectivity index (χ3v) is 5.64. The average Bonchev–Trinajstić information content (AvgIpc) is 3.46. The predicted octanol–water partition coefficient (Wildman–Crippen LogP) is 4.53. The number of rotatable bonds is 4. The topological polar surface area (TPSA) is 51.0 Å². The molecule has 0 spiro atoms. The Hall–Kier alpha value is -3.54. The highest BCUT2D eigenvalue weighted by atomic mass is 19.1. The van der Waals surface area contributed by atoms with E-state index < -0.39 is 0 Å². The molecule has 0 aliphatic carbocycles. The molecule has 30 heavy (non-hydrogen) atoms. The lowest BCUT2D eigenvalue weighted by Gasteiger charge is -2.14. The van der Waals surface area contributed by atoms with Gasteiger partial charge in [0.05, 0.1) is 6.20 Å². The maximum atomic E-state index is 13.5. The van der Waals surface area contributed by atoms with E-state index in [0.717, 1.165) is 59.0 Å². The summed E-state index contributed by atoms with van der Waals surface area (Å²) in [5.41, 5.74) is 3.97. The van der Waals surface area contributed by atoms with E-state index in [-0.39, 0.29) is 18.3 Å². The van der Waals surface area contributed by atoms with Crippen molar-refractivity contribution in [3.05, 3.63) is 73.1 Å². The lowest BCUT2D eigenvalue weighted by molar-refractivity contribution is -0.130. The number of amides is 1. The van der Waals surface area contributed by atoms with Gasteiger partial charge < -0.3 is 4.90 Å². The van der Waals surface area contributed by atoms with E-state index >= 15 is 0 Å². The van der Waals surface area contributed by atoms with Gasteiger partial charge in [0.1, 0.15) is 12.4 Å². The molecule has 0 saturated carbocycles. The van der Waals surface area contributed by atoms with E-state index in [2.05, 4.69) is 10.1 Å². The second-order valence-corrected chi connectivity index (χ2v) is 7.64. The molecule has 0 atom stereocenters. The van der Waals surface area contributed by atoms with Gasteiger partial charge in [-0.15, -0.1) is 0 Å². The Morgan fingerprint density at radius 3 is 2.50 bits per heavy atom. The Morgan fingerprint density at radius 1 is 0.933 bits per heavy atom. The first-order valence-corrected chi connectivity index (χ1v) is 10.1. The van der Waals surface area contributed by atoms with Crippen molar-refractivity contribution in [2.24, 2.45) is 0 Å². The molecule has 2 aromatic carbocycles. The Bertz CT molecular complexity index is 1210. The summed E-state index contributed by atoms with van der Waals surface area (Å²) >= 11 is 0. The standard InChI is InChI=1S/C24H21FN4O/c25-21-7-8-22-19(11-21)12-26-14-23(22)18-5-3-17(4-6-18)20-13-27-29(15-20)16-24(30)28-9-1-2-10-28/h3-8,11-15H,1-2,9-10,16H2. The predicted molar refractivity (Wildman–Crippen MR) is 114 cm³/mol. The number of nitrogens with zero attached hydrogens (tertiary/aromatic N) is 4. The fraction of sp³-hybridized carbons (Fsp3) is 0.208. The number of hydrogen-bond donors (Lipinski definition) is 0. The maximum absolute atomic E-state index is 13.5. The molecule has 1 amide bonds. The van der Waals surface area contributed by atoms with Crippen LogP contribution < -0.4 is 0 Å². The van der Waals surface area contributed by atoms with Gasteiger partial charge >= 0.3 is 0 Å². The zero-order valence-electron chi connectivity index (χ0n) is 16.5. The van der Waals surface area contributed by atoms with Crippen molar-refractivity contribution in [3.63, 3.8) is 0 Å². The lowest BCUT2D eigenvalue weighted by atomic mass is 9.99. The Morgan fingerprint density at radius 2 is 1.70 bits per heavy atom. The highest BCUT2D eigenvalue weighted by Gasteiger charge is 2.18. The molecule has 0 bridgehead atoms. The minimum Gasteiger partial charge on any atom is -0.341 e. The number of likely N-dealkylation sites (tertiary alicyclic amines) is 1. The van der Waals surface area contributed by atoms with Gasteiger partial charge in [-0.25, -0.2) is 4.39 Å². The summed E-state index contributed by atoms with van der Waals surface area (Å²) in [5.74, 6) is -0.144. The first kappa shape index (κ1) is 18.5. The Balaban J connectivity index is 1.37. The zero-order valence-corrected chi connectivity index (χ0v) is 16.5. The van der Waals surface area contributed by atoms with E-state index in [9.17, 15) is 9.18 Å². The summed E-state index contributed by atoms with van der Waals surface area (Å²) in [5, 5.41) is 6.10. The molecule has 150 valence electrons. The number of carbonyl (C=O) groups is 1. The van der Waals surface area contributed by atoms with Crippen molar-refractivity contribution >= 4 is 16.7 Å². The molecule has 4 aromatic rings. The van der Waals surface area contributed by atoms with Crippen molar-refractivity contribution in [2.75, 3.05) is 13.1 Å². The fourth-order valence-electron chi connectivity index (χ4n) is 4.02. The summed E-state index contributed by atoms with van der Waals surface area (Å²) in [6.45, 7) is 1.98. The van der Waals surface area contributed by atoms with Crippen molar-refractivity contribution < 1.29 is 9.18 Å². The monoisotopic (exact) mass is 400 g/mol. The van der Waals surface area contributed by atoms with Crippen molar-refractivity contribution in [1.82, 2.24) is 19.7 Å². The molecule has 5 nitrogen and oxygen atoms in total. The van der Waals surface area contributed by atoms with Crippen LogP contribution in [0.25, 0.3) is 33.0 Å². The summed E-state index contributed by atoms with van der Waals surface area (Å²) in [7, 11) is 0. The minimum atomic E-state index is -0.267. The third-order valence-electron chi connectivity index (χ3n) is 5.64. The van der Waals surface area contributed by atoms with E-state index in [0.29, 0.717) is 0 Å². The van der Waals surface area contributed by atoms with Crippen LogP contribution in [0.15, 0.2) is 67.3 Å². The molecule has 5 rings (SSSR count). The van der Waals surface area contributed by atoms with Crippen LogP contribution in [0.4, 0.5) is 4.39 Å². The largest absolute Gasteiger partial charge is 0.341 e. The molecular weight excluding hydrogens is 379 g/mol. The Kier molecular flexibility index (Phi) is 4.75. The molecule has 0 N–H and O–H groups in total. The zero-order chi connectivity index (χ0) is 20.5. The van der Waals surface area contributed by atoms with E-state index in [1.165, 1.54) is 12.1 Å². The lowest BCUT2D eigenvalue weighted by Crippen LogP contribution is -2.31. The van der Waals surface area contributed by atoms with Crippen LogP contribution >= 0.6 is 0 Å². The van der Waals surface area contributed by atoms with Crippen LogP contribution in [-0.2, 0) is 11.3 Å². The van der Waals surface area contributed by atoms with Gasteiger partial charge in [-0.1, -0.05) is 30.3 Å². The molecule has 1 fully saturated rings. The molecular formula is C24H21FN4O. The normalized spacial score (nSPS) is 13.8. The molecule has 0 unspecified atom stereocenters. The van der Waals surface area contributed by atoms with Crippen molar-refractivity contribution in [1.29, 1.82) is 0 Å². The fourth-order valence-corrected chi connectivity index (χ4v) is 4.02. The van der Waals surface area contributed by atoms with Gasteiger partial charge in [0.25, 0.3) is 0 Å². The second-order valence-electron chi connectivity index (χ2n) is 7.64. The number of hydrogen-bond acceptors (Lipinski definition) is 3. The summed E-state index contributed by atoms with van der Waals surface area (Å²) < 4.78 is 15.2. The number of fused-ring (bicyclic) bond motifs is 1. The van der Waals surface area contributed by atoms with E-state index in [4.69, 9.17) is 0 Å². The van der Waals surface area contributed by atoms with Crippen molar-refractivity contribution in [2.45, 2.75) is 19.4 Å². The smallest absolute Gasteiger partial charge is 0.244 e. The summed E-state index contributed by atoms with van der Waals surface area (Å²) in [6.07, 6.45) is 9.35. The molecule has 0 radical (unpaired) electrons. The number of pyridine rings is 1. The van der Waals surface area contributed by atoms with Gasteiger partial charge in [0, 0.05) is 48.2 Å². The molecule has 1 aliphatic heterocycles. The maximum Gasteiger partial charge on any atom is 0.244 e. The summed E-state index contributed by atoms with van der Waals surface area (Å²) in [6, 6.07) is 12.9. The summed E-state index contributed by atoms with van der Waals surface area (Å²) in [4.78, 5) is 18.5. The molecule has 1 saturated heterocycles. The third kappa shape index (κ3) is 3.56. The molecule has 2 aromatic heterocycles. The Labute approximate surface area is 173 Å². The van der Waals surface area contributed by atoms with Crippen LogP contribution in [0, 0.1) is 5.82 Å². The van der Waals surface area contributed by atoms with Gasteiger partial charge in [0.15, 0.2) is 0 Å². The van der Waals surface area contributed by atoms with Gasteiger partial charge in [-0.2, -0.15) is 5.10 Å². The number of benzene rings is 2. The molecule has 6 heteroatoms. The molecule has 3 heterocycles. The van der Waals surface area contributed by atoms with Gasteiger partial charge in [-0.3, -0.25) is 14.5 Å². The van der Waals surface area contributed by atoms with Crippen LogP contribution in [0.2, 0.25) is 0 Å². The number of halogens is 1. The molecule has 1 aliphatic rings. The minimum absolute atomic E-state index is 0.123. The van der Waals surface area contributed by atoms with E-state index in [1.54, 1.807) is 29.3 Å². The van der Waals surface area contributed by atoms with Crippen molar-refractivity contribution in [3.8, 4) is 22.3 Å². The van der Waals surface area contributed by atoms with Gasteiger partial charge in [0.2, 0.25) is 5.91 Å². The van der Waals surface area contributed by atoms with Crippen LogP contribution in [-0.4, -0.2) is 38.7 Å². The SMILES string of the molecule is O=C(Cn1cc(-c2ccc(-c3cncc4cc(F)ccc34)cc2)cn1)N1CCCC1.